The van der Waals surface area contributed by atoms with E-state index in [0.717, 1.165) is 0 Å². The van der Waals surface area contributed by atoms with Gasteiger partial charge < -0.3 is 4.90 Å². The first-order valence-electron chi connectivity index (χ1n) is 16.0. The van der Waals surface area contributed by atoms with Gasteiger partial charge in [0.2, 0.25) is 0 Å². The van der Waals surface area contributed by atoms with Crippen molar-refractivity contribution in [3.8, 4) is 22.3 Å². The number of para-hydroxylation sites is 2. The minimum atomic E-state index is -0.139. The van der Waals surface area contributed by atoms with Gasteiger partial charge in [0.05, 0.1) is 17.1 Å². The fourth-order valence-electron chi connectivity index (χ4n) is 8.20. The van der Waals surface area contributed by atoms with Crippen LogP contribution >= 0.6 is 0 Å². The third kappa shape index (κ3) is 3.61. The van der Waals surface area contributed by atoms with Crippen LogP contribution in [0.25, 0.3) is 43.8 Å². The summed E-state index contributed by atoms with van der Waals surface area (Å²) in [6.45, 7) is 9.53. The van der Waals surface area contributed by atoms with Crippen LogP contribution in [-0.4, -0.2) is 0 Å². The van der Waals surface area contributed by atoms with Crippen LogP contribution in [0.15, 0.2) is 140 Å². The summed E-state index contributed by atoms with van der Waals surface area (Å²) >= 11 is 0. The minimum absolute atomic E-state index is 0.0654. The summed E-state index contributed by atoms with van der Waals surface area (Å²) in [6.07, 6.45) is 0. The lowest BCUT2D eigenvalue weighted by Gasteiger charge is -2.49. The Morgan fingerprint density at radius 3 is 1.73 bits per heavy atom. The molecule has 2 heterocycles. The second kappa shape index (κ2) is 9.19. The Hall–Kier alpha value is -5.14. The minimum Gasteiger partial charge on any atom is -0.309 e. The molecule has 0 saturated heterocycles. The molecule has 216 valence electrons. The van der Waals surface area contributed by atoms with E-state index in [2.05, 4.69) is 172 Å². The van der Waals surface area contributed by atoms with Crippen LogP contribution < -0.4 is 4.90 Å². The Morgan fingerprint density at radius 1 is 0.400 bits per heavy atom. The summed E-state index contributed by atoms with van der Waals surface area (Å²) in [7, 11) is 0. The standard InChI is InChI=1S/C44H35N/c1-43(2)36-16-9-10-19-40(36)45-41-25-24-30(27-39(41)44(3,4)38-18-11-17-37(43)42(38)45)28-20-22-29(23-21-28)35-26-31-12-5-6-13-32(31)33-14-7-8-15-34(33)35/h5-27H,1-4H3. The molecule has 7 aromatic rings. The van der Waals surface area contributed by atoms with Crippen LogP contribution in [0.4, 0.5) is 17.1 Å². The van der Waals surface area contributed by atoms with Crippen LogP contribution in [0.1, 0.15) is 49.9 Å². The zero-order chi connectivity index (χ0) is 30.5. The number of rotatable bonds is 2. The Labute approximate surface area is 265 Å². The van der Waals surface area contributed by atoms with Crippen molar-refractivity contribution in [2.75, 3.05) is 4.90 Å². The largest absolute Gasteiger partial charge is 0.309 e. The molecule has 0 amide bonds. The first-order chi connectivity index (χ1) is 21.8. The van der Waals surface area contributed by atoms with Gasteiger partial charge in [-0.1, -0.05) is 143 Å². The van der Waals surface area contributed by atoms with Gasteiger partial charge in [0.25, 0.3) is 0 Å². The van der Waals surface area contributed by atoms with E-state index in [4.69, 9.17) is 0 Å². The van der Waals surface area contributed by atoms with Gasteiger partial charge in [-0.15, -0.1) is 0 Å². The summed E-state index contributed by atoms with van der Waals surface area (Å²) < 4.78 is 0. The Bertz CT molecular complexity index is 2320. The maximum Gasteiger partial charge on any atom is 0.0543 e. The van der Waals surface area contributed by atoms with Crippen molar-refractivity contribution in [2.24, 2.45) is 0 Å². The predicted octanol–water partition coefficient (Wildman–Crippen LogP) is 12.1. The highest BCUT2D eigenvalue weighted by Gasteiger charge is 2.45. The average molecular weight is 578 g/mol. The van der Waals surface area contributed by atoms with Gasteiger partial charge in [-0.3, -0.25) is 0 Å². The van der Waals surface area contributed by atoms with Crippen LogP contribution in [0.5, 0.6) is 0 Å². The van der Waals surface area contributed by atoms with Crippen molar-refractivity contribution in [1.29, 1.82) is 0 Å². The molecule has 0 fully saturated rings. The van der Waals surface area contributed by atoms with Crippen molar-refractivity contribution in [2.45, 2.75) is 38.5 Å². The van der Waals surface area contributed by atoms with Crippen LogP contribution in [0.2, 0.25) is 0 Å². The molecule has 0 saturated carbocycles. The van der Waals surface area contributed by atoms with Crippen molar-refractivity contribution >= 4 is 38.6 Å². The van der Waals surface area contributed by atoms with E-state index in [-0.39, 0.29) is 10.8 Å². The Kier molecular flexibility index (Phi) is 5.37. The number of benzene rings is 7. The molecule has 9 rings (SSSR count). The molecule has 0 bridgehead atoms. The molecule has 0 N–H and O–H groups in total. The van der Waals surface area contributed by atoms with Gasteiger partial charge in [-0.2, -0.15) is 0 Å². The second-order valence-electron chi connectivity index (χ2n) is 13.8. The molecule has 1 nitrogen and oxygen atoms in total. The maximum atomic E-state index is 2.53. The van der Waals surface area contributed by atoms with Gasteiger partial charge in [0.1, 0.15) is 0 Å². The molecule has 1 heteroatoms. The average Bonchev–Trinajstić information content (AvgIpc) is 3.08. The number of fused-ring (bicyclic) bond motifs is 7. The molecule has 0 atom stereocenters. The van der Waals surface area contributed by atoms with Crippen molar-refractivity contribution in [1.82, 2.24) is 0 Å². The Morgan fingerprint density at radius 2 is 0.956 bits per heavy atom. The van der Waals surface area contributed by atoms with Crippen molar-refractivity contribution in [3.63, 3.8) is 0 Å². The van der Waals surface area contributed by atoms with E-state index in [1.54, 1.807) is 0 Å². The normalized spacial score (nSPS) is 15.4. The van der Waals surface area contributed by atoms with Crippen LogP contribution in [0, 0.1) is 0 Å². The van der Waals surface area contributed by atoms with Crippen LogP contribution in [0.3, 0.4) is 0 Å². The molecule has 0 radical (unpaired) electrons. The van der Waals surface area contributed by atoms with E-state index in [1.807, 2.05) is 0 Å². The smallest absolute Gasteiger partial charge is 0.0543 e. The van der Waals surface area contributed by atoms with Gasteiger partial charge in [0, 0.05) is 10.8 Å². The van der Waals surface area contributed by atoms with E-state index < -0.39 is 0 Å². The van der Waals surface area contributed by atoms with Crippen molar-refractivity contribution < 1.29 is 0 Å². The molecule has 45 heavy (non-hydrogen) atoms. The zero-order valence-corrected chi connectivity index (χ0v) is 26.2. The second-order valence-corrected chi connectivity index (χ2v) is 13.8. The third-order valence-corrected chi connectivity index (χ3v) is 10.6. The SMILES string of the molecule is CC1(C)c2ccccc2N2c3ccc(-c4ccc(-c5cc6ccccc6c6ccccc56)cc4)cc3C(C)(C)c3cccc1c32. The number of hydrogen-bond donors (Lipinski definition) is 0. The van der Waals surface area contributed by atoms with E-state index in [9.17, 15) is 0 Å². The van der Waals surface area contributed by atoms with Gasteiger partial charge >= 0.3 is 0 Å². The molecule has 7 aromatic carbocycles. The molecular formula is C44H35N. The van der Waals surface area contributed by atoms with Gasteiger partial charge in [0.15, 0.2) is 0 Å². The lowest BCUT2D eigenvalue weighted by molar-refractivity contribution is 0.597. The predicted molar refractivity (Wildman–Crippen MR) is 191 cm³/mol. The number of nitrogens with zero attached hydrogens (tertiary/aromatic N) is 1. The Balaban J connectivity index is 1.18. The van der Waals surface area contributed by atoms with Crippen molar-refractivity contribution in [3.05, 3.63) is 162 Å². The number of hydrogen-bond acceptors (Lipinski definition) is 1. The van der Waals surface area contributed by atoms with Gasteiger partial charge in [-0.05, 0) is 90.3 Å². The molecular weight excluding hydrogens is 542 g/mol. The van der Waals surface area contributed by atoms with Crippen LogP contribution in [-0.2, 0) is 10.8 Å². The van der Waals surface area contributed by atoms with E-state index in [0.29, 0.717) is 0 Å². The summed E-state index contributed by atoms with van der Waals surface area (Å²) in [4.78, 5) is 2.53. The molecule has 2 aliphatic rings. The molecule has 0 aliphatic carbocycles. The van der Waals surface area contributed by atoms with E-state index >= 15 is 0 Å². The fourth-order valence-corrected chi connectivity index (χ4v) is 8.20. The monoisotopic (exact) mass is 577 g/mol. The first kappa shape index (κ1) is 26.3. The first-order valence-corrected chi connectivity index (χ1v) is 16.0. The maximum absolute atomic E-state index is 2.53. The highest BCUT2D eigenvalue weighted by atomic mass is 15.2. The summed E-state index contributed by atoms with van der Waals surface area (Å²) in [6, 6.07) is 52.0. The lowest BCUT2D eigenvalue weighted by atomic mass is 9.66. The van der Waals surface area contributed by atoms with Gasteiger partial charge in [-0.25, -0.2) is 0 Å². The molecule has 0 spiro atoms. The lowest BCUT2D eigenvalue weighted by Crippen LogP contribution is -2.38. The topological polar surface area (TPSA) is 3.24 Å². The fraction of sp³-hybridized carbons (Fsp3) is 0.136. The molecule has 2 aliphatic heterocycles. The molecule has 0 aromatic heterocycles. The quantitative estimate of drug-likeness (QED) is 0.185. The van der Waals surface area contributed by atoms with E-state index in [1.165, 1.54) is 83.1 Å². The third-order valence-electron chi connectivity index (χ3n) is 10.6. The summed E-state index contributed by atoms with van der Waals surface area (Å²) in [5.41, 5.74) is 14.3. The number of anilines is 3. The molecule has 0 unspecified atom stereocenters. The highest BCUT2D eigenvalue weighted by Crippen LogP contribution is 2.60. The summed E-state index contributed by atoms with van der Waals surface area (Å²) in [5, 5.41) is 5.18. The zero-order valence-electron chi connectivity index (χ0n) is 26.2. The highest BCUT2D eigenvalue weighted by molar-refractivity contribution is 6.13. The summed E-state index contributed by atoms with van der Waals surface area (Å²) in [5.74, 6) is 0.